The Bertz CT molecular complexity index is 565. The van der Waals surface area contributed by atoms with Crippen LogP contribution in [0.4, 0.5) is 8.78 Å². The van der Waals surface area contributed by atoms with Gasteiger partial charge in [-0.15, -0.1) is 11.3 Å². The van der Waals surface area contributed by atoms with Crippen LogP contribution >= 0.6 is 22.9 Å². The van der Waals surface area contributed by atoms with Crippen LogP contribution in [-0.4, -0.2) is 5.78 Å². The molecule has 0 saturated heterocycles. The lowest BCUT2D eigenvalue weighted by molar-refractivity contribution is 0.0997. The third-order valence-electron chi connectivity index (χ3n) is 2.22. The highest BCUT2D eigenvalue weighted by molar-refractivity contribution is 7.12. The van der Waals surface area contributed by atoms with Gasteiger partial charge in [0.05, 0.1) is 9.90 Å². The summed E-state index contributed by atoms with van der Waals surface area (Å²) < 4.78 is 25.6. The maximum atomic E-state index is 12.9. The molecule has 1 aromatic carbocycles. The van der Waals surface area contributed by atoms with Crippen molar-refractivity contribution >= 4 is 28.7 Å². The molecule has 1 aromatic heterocycles. The van der Waals surface area contributed by atoms with Gasteiger partial charge in [0.2, 0.25) is 0 Å². The lowest BCUT2D eigenvalue weighted by Gasteiger charge is -2.01. The average Bonchev–Trinajstić information content (AvgIpc) is 2.70. The highest BCUT2D eigenvalue weighted by atomic mass is 35.5. The third kappa shape index (κ3) is 2.70. The van der Waals surface area contributed by atoms with Gasteiger partial charge in [0.1, 0.15) is 0 Å². The third-order valence-corrected chi connectivity index (χ3v) is 3.60. The second kappa shape index (κ2) is 4.94. The number of carbonyl (C=O) groups is 1. The van der Waals surface area contributed by atoms with Crippen LogP contribution in [0.1, 0.15) is 15.2 Å². The van der Waals surface area contributed by atoms with Gasteiger partial charge in [0.25, 0.3) is 0 Å². The van der Waals surface area contributed by atoms with Crippen LogP contribution in [0.15, 0.2) is 29.6 Å². The SMILES string of the molecule is O=C(Cc1ccc(F)c(F)c1)c1sccc1Cl. The van der Waals surface area contributed by atoms with Crippen molar-refractivity contribution in [3.8, 4) is 0 Å². The Kier molecular flexibility index (Phi) is 3.54. The van der Waals surface area contributed by atoms with Gasteiger partial charge in [-0.05, 0) is 29.1 Å². The van der Waals surface area contributed by atoms with Crippen molar-refractivity contribution in [2.75, 3.05) is 0 Å². The van der Waals surface area contributed by atoms with Crippen LogP contribution < -0.4 is 0 Å². The minimum Gasteiger partial charge on any atom is -0.293 e. The molecule has 0 aliphatic heterocycles. The summed E-state index contributed by atoms with van der Waals surface area (Å²) in [4.78, 5) is 12.2. The summed E-state index contributed by atoms with van der Waals surface area (Å²) in [6, 6.07) is 5.05. The van der Waals surface area contributed by atoms with Crippen molar-refractivity contribution < 1.29 is 13.6 Å². The molecule has 0 radical (unpaired) electrons. The van der Waals surface area contributed by atoms with Gasteiger partial charge in [-0.2, -0.15) is 0 Å². The molecule has 0 atom stereocenters. The number of ketones is 1. The number of carbonyl (C=O) groups excluding carboxylic acids is 1. The zero-order chi connectivity index (χ0) is 12.4. The molecule has 0 fully saturated rings. The molecular formula is C12H7ClF2OS. The molecule has 1 heterocycles. The Balaban J connectivity index is 2.19. The molecule has 2 rings (SSSR count). The summed E-state index contributed by atoms with van der Waals surface area (Å²) in [5.41, 5.74) is 0.429. The molecular weight excluding hydrogens is 266 g/mol. The monoisotopic (exact) mass is 272 g/mol. The van der Waals surface area contributed by atoms with Crippen LogP contribution in [0.5, 0.6) is 0 Å². The van der Waals surface area contributed by atoms with Crippen LogP contribution in [0.2, 0.25) is 5.02 Å². The normalized spacial score (nSPS) is 10.5. The van der Waals surface area contributed by atoms with E-state index >= 15 is 0 Å². The molecule has 17 heavy (non-hydrogen) atoms. The highest BCUT2D eigenvalue weighted by Crippen LogP contribution is 2.24. The van der Waals surface area contributed by atoms with E-state index < -0.39 is 11.6 Å². The lowest BCUT2D eigenvalue weighted by atomic mass is 10.1. The van der Waals surface area contributed by atoms with Crippen molar-refractivity contribution in [3.05, 3.63) is 56.7 Å². The van der Waals surface area contributed by atoms with Crippen LogP contribution in [-0.2, 0) is 6.42 Å². The first kappa shape index (κ1) is 12.2. The zero-order valence-electron chi connectivity index (χ0n) is 8.54. The number of thiophene rings is 1. The summed E-state index contributed by atoms with van der Waals surface area (Å²) in [5, 5.41) is 2.10. The summed E-state index contributed by atoms with van der Waals surface area (Å²) in [5.74, 6) is -2.07. The molecule has 2 aromatic rings. The van der Waals surface area contributed by atoms with E-state index in [2.05, 4.69) is 0 Å². The molecule has 0 unspecified atom stereocenters. The van der Waals surface area contributed by atoms with E-state index in [0.29, 0.717) is 15.5 Å². The first-order chi connectivity index (χ1) is 8.08. The molecule has 5 heteroatoms. The largest absolute Gasteiger partial charge is 0.293 e. The molecule has 0 bridgehead atoms. The molecule has 1 nitrogen and oxygen atoms in total. The van der Waals surface area contributed by atoms with Crippen molar-refractivity contribution in [1.82, 2.24) is 0 Å². The second-order valence-electron chi connectivity index (χ2n) is 3.45. The number of Topliss-reactive ketones (excluding diaryl/α,β-unsaturated/α-hetero) is 1. The van der Waals surface area contributed by atoms with Gasteiger partial charge >= 0.3 is 0 Å². The van der Waals surface area contributed by atoms with Crippen molar-refractivity contribution in [3.63, 3.8) is 0 Å². The number of benzene rings is 1. The van der Waals surface area contributed by atoms with Gasteiger partial charge < -0.3 is 0 Å². The Morgan fingerprint density at radius 2 is 2.00 bits per heavy atom. The average molecular weight is 273 g/mol. The molecule has 0 spiro atoms. The molecule has 0 N–H and O–H groups in total. The minimum atomic E-state index is -0.951. The standard InChI is InChI=1S/C12H7ClF2OS/c13-8-3-4-17-12(8)11(16)6-7-1-2-9(14)10(15)5-7/h1-5H,6H2. The summed E-state index contributed by atoms with van der Waals surface area (Å²) in [6.07, 6.45) is 0.0113. The van der Waals surface area contributed by atoms with Crippen LogP contribution in [0.25, 0.3) is 0 Å². The fourth-order valence-corrected chi connectivity index (χ4v) is 2.51. The fraction of sp³-hybridized carbons (Fsp3) is 0.0833. The Morgan fingerprint density at radius 3 is 2.59 bits per heavy atom. The number of halogens is 3. The van der Waals surface area contributed by atoms with E-state index in [1.165, 1.54) is 17.4 Å². The van der Waals surface area contributed by atoms with Gasteiger partial charge in [-0.3, -0.25) is 4.79 Å². The summed E-state index contributed by atoms with van der Waals surface area (Å²) in [6.45, 7) is 0. The smallest absolute Gasteiger partial charge is 0.178 e. The minimum absolute atomic E-state index is 0.0113. The maximum Gasteiger partial charge on any atom is 0.178 e. The van der Waals surface area contributed by atoms with Crippen LogP contribution in [0, 0.1) is 11.6 Å². The maximum absolute atomic E-state index is 12.9. The van der Waals surface area contributed by atoms with Crippen molar-refractivity contribution in [1.29, 1.82) is 0 Å². The van der Waals surface area contributed by atoms with Gasteiger partial charge in [-0.1, -0.05) is 17.7 Å². The van der Waals surface area contributed by atoms with E-state index in [-0.39, 0.29) is 12.2 Å². The first-order valence-corrected chi connectivity index (χ1v) is 6.04. The first-order valence-electron chi connectivity index (χ1n) is 4.78. The molecule has 0 aliphatic rings. The van der Waals surface area contributed by atoms with Gasteiger partial charge in [-0.25, -0.2) is 8.78 Å². The Labute approximate surface area is 106 Å². The molecule has 0 saturated carbocycles. The topological polar surface area (TPSA) is 17.1 Å². The van der Waals surface area contributed by atoms with E-state index in [0.717, 1.165) is 12.1 Å². The predicted octanol–water partition coefficient (Wildman–Crippen LogP) is 4.11. The number of rotatable bonds is 3. The van der Waals surface area contributed by atoms with E-state index in [9.17, 15) is 13.6 Å². The quantitative estimate of drug-likeness (QED) is 0.769. The number of hydrogen-bond acceptors (Lipinski definition) is 2. The lowest BCUT2D eigenvalue weighted by Crippen LogP contribution is -2.02. The Morgan fingerprint density at radius 1 is 1.24 bits per heavy atom. The molecule has 0 aliphatic carbocycles. The number of hydrogen-bond donors (Lipinski definition) is 0. The van der Waals surface area contributed by atoms with E-state index in [1.807, 2.05) is 0 Å². The van der Waals surface area contributed by atoms with Gasteiger partial charge in [0, 0.05) is 6.42 Å². The van der Waals surface area contributed by atoms with Crippen molar-refractivity contribution in [2.24, 2.45) is 0 Å². The Hall–Kier alpha value is -1.26. The predicted molar refractivity (Wildman–Crippen MR) is 63.7 cm³/mol. The van der Waals surface area contributed by atoms with E-state index in [1.54, 1.807) is 11.4 Å². The van der Waals surface area contributed by atoms with Crippen LogP contribution in [0.3, 0.4) is 0 Å². The summed E-state index contributed by atoms with van der Waals surface area (Å²) >= 11 is 7.05. The summed E-state index contributed by atoms with van der Waals surface area (Å²) in [7, 11) is 0. The van der Waals surface area contributed by atoms with Gasteiger partial charge in [0.15, 0.2) is 17.4 Å². The van der Waals surface area contributed by atoms with Crippen molar-refractivity contribution in [2.45, 2.75) is 6.42 Å². The second-order valence-corrected chi connectivity index (χ2v) is 4.77. The molecule has 88 valence electrons. The fourth-order valence-electron chi connectivity index (χ4n) is 1.41. The highest BCUT2D eigenvalue weighted by Gasteiger charge is 2.13. The zero-order valence-corrected chi connectivity index (χ0v) is 10.1. The molecule has 0 amide bonds. The van der Waals surface area contributed by atoms with E-state index in [4.69, 9.17) is 11.6 Å².